The highest BCUT2D eigenvalue weighted by atomic mass is 16.5. The number of rotatable bonds is 7. The third-order valence-corrected chi connectivity index (χ3v) is 5.29. The first kappa shape index (κ1) is 21.4. The van der Waals surface area contributed by atoms with Gasteiger partial charge in [-0.15, -0.1) is 0 Å². The largest absolute Gasteiger partial charge is 0.497 e. The Bertz CT molecular complexity index is 898. The molecule has 3 atom stereocenters. The van der Waals surface area contributed by atoms with E-state index in [1.54, 1.807) is 43.2 Å². The summed E-state index contributed by atoms with van der Waals surface area (Å²) >= 11 is 0. The summed E-state index contributed by atoms with van der Waals surface area (Å²) in [4.78, 5) is 39.1. The zero-order valence-electron chi connectivity index (χ0n) is 17.4. The number of amides is 3. The number of hydrogen-bond donors (Lipinski definition) is 2. The lowest BCUT2D eigenvalue weighted by Gasteiger charge is -2.20. The minimum absolute atomic E-state index is 0.116. The molecule has 1 saturated heterocycles. The summed E-state index contributed by atoms with van der Waals surface area (Å²) in [5, 5.41) is 5.64. The number of carbonyl (C=O) groups excluding carboxylic acids is 3. The molecule has 0 radical (unpaired) electrons. The zero-order chi connectivity index (χ0) is 21.7. The first-order valence-corrected chi connectivity index (χ1v) is 9.99. The maximum Gasteiger partial charge on any atom is 0.242 e. The van der Waals surface area contributed by atoms with Gasteiger partial charge in [0, 0.05) is 18.7 Å². The maximum absolute atomic E-state index is 12.6. The van der Waals surface area contributed by atoms with Gasteiger partial charge >= 0.3 is 0 Å². The SMILES string of the molecule is COc1ccc(N2C[C@H](C(=O)N[C@@H](C)C(=O)N[C@H](C)c3ccccc3)CC2=O)cc1. The fourth-order valence-corrected chi connectivity index (χ4v) is 3.46. The molecule has 1 fully saturated rings. The third kappa shape index (κ3) is 4.97. The van der Waals surface area contributed by atoms with Crippen LogP contribution in [0.4, 0.5) is 5.69 Å². The molecule has 1 aliphatic heterocycles. The summed E-state index contributed by atoms with van der Waals surface area (Å²) in [5.74, 6) is -0.480. The molecule has 30 heavy (non-hydrogen) atoms. The molecule has 3 rings (SSSR count). The van der Waals surface area contributed by atoms with Gasteiger partial charge in [0.15, 0.2) is 0 Å². The number of ether oxygens (including phenoxy) is 1. The van der Waals surface area contributed by atoms with Crippen LogP contribution in [0, 0.1) is 5.92 Å². The van der Waals surface area contributed by atoms with Crippen molar-refractivity contribution in [1.82, 2.24) is 10.6 Å². The van der Waals surface area contributed by atoms with Crippen LogP contribution in [-0.2, 0) is 14.4 Å². The van der Waals surface area contributed by atoms with Crippen molar-refractivity contribution < 1.29 is 19.1 Å². The number of methoxy groups -OCH3 is 1. The van der Waals surface area contributed by atoms with Crippen molar-refractivity contribution in [3.63, 3.8) is 0 Å². The van der Waals surface area contributed by atoms with Gasteiger partial charge in [-0.3, -0.25) is 14.4 Å². The Morgan fingerprint density at radius 2 is 1.70 bits per heavy atom. The van der Waals surface area contributed by atoms with Gasteiger partial charge in [0.2, 0.25) is 17.7 Å². The summed E-state index contributed by atoms with van der Waals surface area (Å²) in [7, 11) is 1.58. The van der Waals surface area contributed by atoms with Crippen LogP contribution < -0.4 is 20.3 Å². The molecule has 158 valence electrons. The predicted molar refractivity (Wildman–Crippen MR) is 114 cm³/mol. The number of carbonyl (C=O) groups is 3. The van der Waals surface area contributed by atoms with E-state index in [9.17, 15) is 14.4 Å². The lowest BCUT2D eigenvalue weighted by atomic mass is 10.1. The van der Waals surface area contributed by atoms with E-state index in [4.69, 9.17) is 4.74 Å². The minimum Gasteiger partial charge on any atom is -0.497 e. The Morgan fingerprint density at radius 3 is 2.33 bits per heavy atom. The van der Waals surface area contributed by atoms with Gasteiger partial charge in [-0.2, -0.15) is 0 Å². The quantitative estimate of drug-likeness (QED) is 0.735. The molecule has 3 amide bonds. The van der Waals surface area contributed by atoms with E-state index in [1.807, 2.05) is 37.3 Å². The smallest absolute Gasteiger partial charge is 0.242 e. The first-order chi connectivity index (χ1) is 14.4. The summed E-state index contributed by atoms with van der Waals surface area (Å²) in [5.41, 5.74) is 1.71. The van der Waals surface area contributed by atoms with Crippen molar-refractivity contribution in [2.75, 3.05) is 18.6 Å². The van der Waals surface area contributed by atoms with Crippen LogP contribution in [0.2, 0.25) is 0 Å². The number of hydrogen-bond acceptors (Lipinski definition) is 4. The van der Waals surface area contributed by atoms with Crippen molar-refractivity contribution in [3.05, 3.63) is 60.2 Å². The van der Waals surface area contributed by atoms with Gasteiger partial charge in [-0.05, 0) is 43.7 Å². The fourth-order valence-electron chi connectivity index (χ4n) is 3.46. The summed E-state index contributed by atoms with van der Waals surface area (Å²) in [6.45, 7) is 3.82. The molecule has 7 heteroatoms. The van der Waals surface area contributed by atoms with E-state index in [2.05, 4.69) is 10.6 Å². The van der Waals surface area contributed by atoms with Crippen molar-refractivity contribution >= 4 is 23.4 Å². The summed E-state index contributed by atoms with van der Waals surface area (Å²) in [6, 6.07) is 15.9. The average Bonchev–Trinajstić information content (AvgIpc) is 3.16. The Balaban J connectivity index is 1.54. The highest BCUT2D eigenvalue weighted by Crippen LogP contribution is 2.27. The van der Waals surface area contributed by atoms with E-state index in [1.165, 1.54) is 0 Å². The molecule has 2 N–H and O–H groups in total. The highest BCUT2D eigenvalue weighted by molar-refractivity contribution is 6.01. The van der Waals surface area contributed by atoms with Crippen molar-refractivity contribution in [3.8, 4) is 5.75 Å². The van der Waals surface area contributed by atoms with Gasteiger partial charge in [-0.1, -0.05) is 30.3 Å². The van der Waals surface area contributed by atoms with E-state index >= 15 is 0 Å². The molecule has 2 aromatic rings. The molecule has 0 aliphatic carbocycles. The van der Waals surface area contributed by atoms with E-state index in [0.29, 0.717) is 5.75 Å². The molecule has 7 nitrogen and oxygen atoms in total. The molecule has 1 aliphatic rings. The molecule has 0 bridgehead atoms. The topological polar surface area (TPSA) is 87.7 Å². The fraction of sp³-hybridized carbons (Fsp3) is 0.348. The van der Waals surface area contributed by atoms with E-state index < -0.39 is 12.0 Å². The maximum atomic E-state index is 12.6. The number of nitrogens with one attached hydrogen (secondary N) is 2. The van der Waals surface area contributed by atoms with Gasteiger partial charge in [0.25, 0.3) is 0 Å². The average molecular weight is 409 g/mol. The Morgan fingerprint density at radius 1 is 1.03 bits per heavy atom. The van der Waals surface area contributed by atoms with Crippen LogP contribution in [0.5, 0.6) is 5.75 Å². The Hall–Kier alpha value is -3.35. The van der Waals surface area contributed by atoms with Gasteiger partial charge in [0.05, 0.1) is 19.1 Å². The first-order valence-electron chi connectivity index (χ1n) is 9.99. The zero-order valence-corrected chi connectivity index (χ0v) is 17.4. The molecular weight excluding hydrogens is 382 g/mol. The molecule has 0 spiro atoms. The number of nitrogens with zero attached hydrogens (tertiary/aromatic N) is 1. The van der Waals surface area contributed by atoms with Crippen LogP contribution in [0.15, 0.2) is 54.6 Å². The van der Waals surface area contributed by atoms with Crippen molar-refractivity contribution in [1.29, 1.82) is 0 Å². The minimum atomic E-state index is -0.700. The molecule has 1 heterocycles. The molecule has 2 aromatic carbocycles. The predicted octanol–water partition coefficient (Wildman–Crippen LogP) is 2.43. The van der Waals surface area contributed by atoms with Crippen LogP contribution >= 0.6 is 0 Å². The van der Waals surface area contributed by atoms with Crippen LogP contribution in [0.1, 0.15) is 31.9 Å². The normalized spacial score (nSPS) is 17.9. The second kappa shape index (κ2) is 9.43. The number of benzene rings is 2. The third-order valence-electron chi connectivity index (χ3n) is 5.29. The van der Waals surface area contributed by atoms with Crippen LogP contribution in [0.3, 0.4) is 0 Å². The van der Waals surface area contributed by atoms with E-state index in [0.717, 1.165) is 11.3 Å². The van der Waals surface area contributed by atoms with E-state index in [-0.39, 0.29) is 36.7 Å². The van der Waals surface area contributed by atoms with Crippen molar-refractivity contribution in [2.24, 2.45) is 5.92 Å². The summed E-state index contributed by atoms with van der Waals surface area (Å²) < 4.78 is 5.13. The second-order valence-corrected chi connectivity index (χ2v) is 7.47. The second-order valence-electron chi connectivity index (χ2n) is 7.47. The molecule has 0 saturated carbocycles. The highest BCUT2D eigenvalue weighted by Gasteiger charge is 2.36. The molecule has 0 unspecified atom stereocenters. The Kier molecular flexibility index (Phi) is 6.72. The molecule has 0 aromatic heterocycles. The molecular formula is C23H27N3O4. The Labute approximate surface area is 176 Å². The lowest BCUT2D eigenvalue weighted by molar-refractivity contribution is -0.131. The monoisotopic (exact) mass is 409 g/mol. The lowest BCUT2D eigenvalue weighted by Crippen LogP contribution is -2.47. The van der Waals surface area contributed by atoms with Crippen molar-refractivity contribution in [2.45, 2.75) is 32.4 Å². The van der Waals surface area contributed by atoms with Crippen LogP contribution in [0.25, 0.3) is 0 Å². The summed E-state index contributed by atoms with van der Waals surface area (Å²) in [6.07, 6.45) is 0.118. The van der Waals surface area contributed by atoms with Crippen LogP contribution in [-0.4, -0.2) is 37.4 Å². The van der Waals surface area contributed by atoms with Gasteiger partial charge in [0.1, 0.15) is 11.8 Å². The van der Waals surface area contributed by atoms with Gasteiger partial charge in [-0.25, -0.2) is 0 Å². The number of anilines is 1. The standard InChI is InChI=1S/C23H27N3O4/c1-15(17-7-5-4-6-8-17)24-22(28)16(2)25-23(29)18-13-21(27)26(14-18)19-9-11-20(30-3)12-10-19/h4-12,15-16,18H,13-14H2,1-3H3,(H,24,28)(H,25,29)/t15-,16+,18-/m1/s1. The van der Waals surface area contributed by atoms with Gasteiger partial charge < -0.3 is 20.3 Å².